The quantitative estimate of drug-likeness (QED) is 0.383. The zero-order valence-corrected chi connectivity index (χ0v) is 16.4. The largest absolute Gasteiger partial charge is 0.454 e. The highest BCUT2D eigenvalue weighted by Crippen LogP contribution is 2.32. The van der Waals surface area contributed by atoms with Gasteiger partial charge in [-0.3, -0.25) is 4.79 Å². The van der Waals surface area contributed by atoms with Crippen LogP contribution in [0.25, 0.3) is 0 Å². The lowest BCUT2D eigenvalue weighted by atomic mass is 10.1. The van der Waals surface area contributed by atoms with E-state index in [-0.39, 0.29) is 12.6 Å². The van der Waals surface area contributed by atoms with Gasteiger partial charge in [0.15, 0.2) is 18.1 Å². The lowest BCUT2D eigenvalue weighted by molar-refractivity contribution is -0.152. The Labute approximate surface area is 172 Å². The number of halogens is 1. The molecule has 0 bridgehead atoms. The molecule has 1 aliphatic rings. The third kappa shape index (κ3) is 6.20. The van der Waals surface area contributed by atoms with Crippen molar-refractivity contribution in [3.8, 4) is 11.5 Å². The molecule has 0 aliphatic carbocycles. The summed E-state index contributed by atoms with van der Waals surface area (Å²) < 4.78 is 28.2. The number of nitrogens with zero attached hydrogens (tertiary/aromatic N) is 1. The molecule has 2 aromatic carbocycles. The van der Waals surface area contributed by atoms with Gasteiger partial charge in [0.05, 0.1) is 5.71 Å². The molecule has 2 aromatic rings. The van der Waals surface area contributed by atoms with Crippen molar-refractivity contribution < 1.29 is 33.0 Å². The molecule has 9 heteroatoms. The normalized spacial score (nSPS) is 12.4. The molecule has 0 saturated heterocycles. The maximum Gasteiger partial charge on any atom is 0.347 e. The van der Waals surface area contributed by atoms with Crippen molar-refractivity contribution >= 4 is 17.6 Å². The molecule has 8 nitrogen and oxygen atoms in total. The summed E-state index contributed by atoms with van der Waals surface area (Å²) in [4.78, 5) is 28.4. The number of amides is 1. The van der Waals surface area contributed by atoms with Crippen LogP contribution in [0.1, 0.15) is 18.1 Å². The zero-order valence-electron chi connectivity index (χ0n) is 16.4. The molecular weight excluding hydrogens is 395 g/mol. The fourth-order valence-electron chi connectivity index (χ4n) is 2.59. The summed E-state index contributed by atoms with van der Waals surface area (Å²) in [6, 6.07) is 11.3. The van der Waals surface area contributed by atoms with Crippen LogP contribution < -0.4 is 14.8 Å². The second-order valence-electron chi connectivity index (χ2n) is 6.41. The minimum absolute atomic E-state index is 0.178. The Balaban J connectivity index is 1.32. The van der Waals surface area contributed by atoms with Crippen LogP contribution >= 0.6 is 0 Å². The summed E-state index contributed by atoms with van der Waals surface area (Å²) in [7, 11) is 0. The third-order valence-electron chi connectivity index (χ3n) is 4.19. The highest BCUT2D eigenvalue weighted by Gasteiger charge is 2.14. The number of rotatable bonds is 9. The lowest BCUT2D eigenvalue weighted by Crippen LogP contribution is -2.31. The van der Waals surface area contributed by atoms with Gasteiger partial charge in [0.2, 0.25) is 13.4 Å². The monoisotopic (exact) mass is 416 g/mol. The molecule has 1 heterocycles. The number of benzene rings is 2. The van der Waals surface area contributed by atoms with Gasteiger partial charge in [-0.05, 0) is 49.2 Å². The number of fused-ring (bicyclic) bond motifs is 1. The average Bonchev–Trinajstić information content (AvgIpc) is 3.21. The van der Waals surface area contributed by atoms with E-state index in [1.54, 1.807) is 37.3 Å². The molecule has 1 amide bonds. The van der Waals surface area contributed by atoms with Crippen molar-refractivity contribution in [1.82, 2.24) is 5.32 Å². The fourth-order valence-corrected chi connectivity index (χ4v) is 2.59. The summed E-state index contributed by atoms with van der Waals surface area (Å²) in [6.07, 6.45) is 0.539. The van der Waals surface area contributed by atoms with E-state index in [2.05, 4.69) is 10.5 Å². The van der Waals surface area contributed by atoms with Crippen LogP contribution in [0.5, 0.6) is 11.5 Å². The van der Waals surface area contributed by atoms with E-state index in [1.165, 1.54) is 12.1 Å². The molecule has 0 unspecified atom stereocenters. The van der Waals surface area contributed by atoms with E-state index in [1.807, 2.05) is 0 Å². The molecule has 0 spiro atoms. The first-order chi connectivity index (χ1) is 14.5. The number of carbonyl (C=O) groups is 2. The van der Waals surface area contributed by atoms with Gasteiger partial charge in [-0.2, -0.15) is 0 Å². The number of nitrogens with one attached hydrogen (secondary N) is 1. The van der Waals surface area contributed by atoms with Gasteiger partial charge >= 0.3 is 5.97 Å². The van der Waals surface area contributed by atoms with E-state index in [4.69, 9.17) is 19.0 Å². The number of oxime groups is 1. The molecule has 3 rings (SSSR count). The number of ether oxygens (including phenoxy) is 3. The maximum atomic E-state index is 12.8. The summed E-state index contributed by atoms with van der Waals surface area (Å²) >= 11 is 0. The Hall–Kier alpha value is -3.62. The molecule has 158 valence electrons. The molecule has 0 aromatic heterocycles. The van der Waals surface area contributed by atoms with Crippen LogP contribution in [0.3, 0.4) is 0 Å². The van der Waals surface area contributed by atoms with Gasteiger partial charge in [-0.25, -0.2) is 9.18 Å². The zero-order chi connectivity index (χ0) is 21.3. The van der Waals surface area contributed by atoms with Gasteiger partial charge in [-0.15, -0.1) is 0 Å². The standard InChI is InChI=1S/C21H21FN2O6/c1-14(16-4-7-18-19(10-16)29-13-28-18)24-30-12-21(26)27-11-20(25)23-9-8-15-2-5-17(22)6-3-15/h2-7,10H,8-9,11-13H2,1H3,(H,23,25)/b24-14-. The van der Waals surface area contributed by atoms with Crippen LogP contribution in [0, 0.1) is 5.82 Å². The molecule has 0 fully saturated rings. The summed E-state index contributed by atoms with van der Waals surface area (Å²) in [5.41, 5.74) is 2.19. The Kier molecular flexibility index (Phi) is 7.20. The predicted octanol–water partition coefficient (Wildman–Crippen LogP) is 2.20. The molecule has 1 N–H and O–H groups in total. The first-order valence-corrected chi connectivity index (χ1v) is 9.24. The third-order valence-corrected chi connectivity index (χ3v) is 4.19. The Morgan fingerprint density at radius 1 is 1.10 bits per heavy atom. The van der Waals surface area contributed by atoms with Crippen LogP contribution in [-0.2, 0) is 25.6 Å². The molecule has 30 heavy (non-hydrogen) atoms. The van der Waals surface area contributed by atoms with Crippen LogP contribution in [0.2, 0.25) is 0 Å². The fraction of sp³-hybridized carbons (Fsp3) is 0.286. The van der Waals surface area contributed by atoms with Crippen molar-refractivity contribution in [3.05, 3.63) is 59.4 Å². The van der Waals surface area contributed by atoms with Crippen molar-refractivity contribution in [2.75, 3.05) is 26.6 Å². The first-order valence-electron chi connectivity index (χ1n) is 9.24. The summed E-state index contributed by atoms with van der Waals surface area (Å²) in [5, 5.41) is 6.49. The average molecular weight is 416 g/mol. The number of carbonyl (C=O) groups excluding carboxylic acids is 2. The predicted molar refractivity (Wildman–Crippen MR) is 105 cm³/mol. The number of hydrogen-bond acceptors (Lipinski definition) is 7. The van der Waals surface area contributed by atoms with Crippen LogP contribution in [0.4, 0.5) is 4.39 Å². The minimum Gasteiger partial charge on any atom is -0.454 e. The first kappa shape index (κ1) is 21.1. The van der Waals surface area contributed by atoms with E-state index < -0.39 is 25.1 Å². The molecule has 0 atom stereocenters. The molecule has 0 saturated carbocycles. The van der Waals surface area contributed by atoms with E-state index in [0.717, 1.165) is 11.1 Å². The van der Waals surface area contributed by atoms with E-state index in [0.29, 0.717) is 30.2 Å². The van der Waals surface area contributed by atoms with Crippen LogP contribution in [-0.4, -0.2) is 44.1 Å². The Morgan fingerprint density at radius 3 is 2.67 bits per heavy atom. The van der Waals surface area contributed by atoms with Gasteiger partial charge in [0.25, 0.3) is 5.91 Å². The Bertz CT molecular complexity index is 930. The Morgan fingerprint density at radius 2 is 1.87 bits per heavy atom. The second kappa shape index (κ2) is 10.2. The van der Waals surface area contributed by atoms with Crippen LogP contribution in [0.15, 0.2) is 47.6 Å². The second-order valence-corrected chi connectivity index (χ2v) is 6.41. The van der Waals surface area contributed by atoms with Crippen molar-refractivity contribution in [2.45, 2.75) is 13.3 Å². The highest BCUT2D eigenvalue weighted by molar-refractivity contribution is 5.99. The van der Waals surface area contributed by atoms with Gasteiger partial charge in [0, 0.05) is 12.1 Å². The summed E-state index contributed by atoms with van der Waals surface area (Å²) in [6.45, 7) is 1.40. The molecular formula is C21H21FN2O6. The molecule has 1 aliphatic heterocycles. The van der Waals surface area contributed by atoms with E-state index >= 15 is 0 Å². The highest BCUT2D eigenvalue weighted by atomic mass is 19.1. The van der Waals surface area contributed by atoms with Crippen molar-refractivity contribution in [1.29, 1.82) is 0 Å². The SMILES string of the molecule is C/C(=N/OCC(=O)OCC(=O)NCCc1ccc(F)cc1)c1ccc2c(c1)OCO2. The van der Waals surface area contributed by atoms with Crippen molar-refractivity contribution in [2.24, 2.45) is 5.16 Å². The number of esters is 1. The molecule has 0 radical (unpaired) electrons. The van der Waals surface area contributed by atoms with Gasteiger partial charge in [0.1, 0.15) is 5.82 Å². The maximum absolute atomic E-state index is 12.8. The topological polar surface area (TPSA) is 95.5 Å². The summed E-state index contributed by atoms with van der Waals surface area (Å²) in [5.74, 6) is -0.192. The van der Waals surface area contributed by atoms with Gasteiger partial charge < -0.3 is 24.4 Å². The van der Waals surface area contributed by atoms with Gasteiger partial charge in [-0.1, -0.05) is 17.3 Å². The van der Waals surface area contributed by atoms with E-state index in [9.17, 15) is 14.0 Å². The smallest absolute Gasteiger partial charge is 0.347 e. The minimum atomic E-state index is -0.717. The van der Waals surface area contributed by atoms with Crippen molar-refractivity contribution in [3.63, 3.8) is 0 Å². The number of hydrogen-bond donors (Lipinski definition) is 1. The lowest BCUT2D eigenvalue weighted by Gasteiger charge is -2.07.